The molecule has 0 bridgehead atoms. The number of anilines is 1. The molecular formula is C21H18F3N3O2. The van der Waals surface area contributed by atoms with Crippen LogP contribution >= 0.6 is 0 Å². The second-order valence-electron chi connectivity index (χ2n) is 7.11. The van der Waals surface area contributed by atoms with Gasteiger partial charge in [0.05, 0.1) is 11.4 Å². The Morgan fingerprint density at radius 1 is 1.10 bits per heavy atom. The molecule has 0 saturated carbocycles. The zero-order valence-electron chi connectivity index (χ0n) is 15.6. The fourth-order valence-corrected chi connectivity index (χ4v) is 3.88. The molecule has 0 radical (unpaired) electrons. The van der Waals surface area contributed by atoms with Crippen LogP contribution in [0.15, 0.2) is 41.2 Å². The van der Waals surface area contributed by atoms with Gasteiger partial charge in [0.2, 0.25) is 0 Å². The lowest BCUT2D eigenvalue weighted by Gasteiger charge is -2.34. The minimum atomic E-state index is -1.06. The number of nitrogens with one attached hydrogen (secondary N) is 2. The van der Waals surface area contributed by atoms with Crippen molar-refractivity contribution in [3.63, 3.8) is 0 Å². The molecule has 1 aliphatic carbocycles. The van der Waals surface area contributed by atoms with Crippen molar-refractivity contribution in [2.45, 2.75) is 25.3 Å². The van der Waals surface area contributed by atoms with Crippen molar-refractivity contribution in [1.29, 1.82) is 0 Å². The summed E-state index contributed by atoms with van der Waals surface area (Å²) < 4.78 is 40.2. The van der Waals surface area contributed by atoms with Crippen molar-refractivity contribution in [3.8, 4) is 0 Å². The maximum atomic E-state index is 13.7. The number of aryl methyl sites for hydroxylation is 1. The lowest BCUT2D eigenvalue weighted by molar-refractivity contribution is 0.197. The minimum Gasteiger partial charge on any atom is -0.325 e. The van der Waals surface area contributed by atoms with E-state index in [1.54, 1.807) is 13.1 Å². The Kier molecular flexibility index (Phi) is 4.77. The first-order valence-corrected chi connectivity index (χ1v) is 9.18. The van der Waals surface area contributed by atoms with E-state index < -0.39 is 23.5 Å². The SMILES string of the molecule is CN(C(=O)Nc1ccc(F)c(F)c1)[C@H]1CCCc2[nH]c(=O)c3cc(F)ccc3c21. The van der Waals surface area contributed by atoms with E-state index in [0.29, 0.717) is 18.2 Å². The average Bonchev–Trinajstić information content (AvgIpc) is 2.70. The number of amides is 2. The zero-order chi connectivity index (χ0) is 20.7. The molecule has 0 fully saturated rings. The van der Waals surface area contributed by atoms with Crippen molar-refractivity contribution < 1.29 is 18.0 Å². The molecule has 0 spiro atoms. The predicted octanol–water partition coefficient (Wildman–Crippen LogP) is 4.49. The van der Waals surface area contributed by atoms with E-state index in [9.17, 15) is 22.8 Å². The van der Waals surface area contributed by atoms with Crippen LogP contribution in [0.2, 0.25) is 0 Å². The number of fused-ring (bicyclic) bond motifs is 3. The number of carbonyl (C=O) groups is 1. The Hall–Kier alpha value is -3.29. The van der Waals surface area contributed by atoms with E-state index >= 15 is 0 Å². The summed E-state index contributed by atoms with van der Waals surface area (Å²) in [5, 5.41) is 3.38. The molecule has 1 atom stereocenters. The highest BCUT2D eigenvalue weighted by atomic mass is 19.2. The van der Waals surface area contributed by atoms with Crippen LogP contribution < -0.4 is 10.9 Å². The molecule has 3 aromatic rings. The topological polar surface area (TPSA) is 65.2 Å². The van der Waals surface area contributed by atoms with Crippen LogP contribution in [0.3, 0.4) is 0 Å². The summed E-state index contributed by atoms with van der Waals surface area (Å²) in [6.45, 7) is 0. The summed E-state index contributed by atoms with van der Waals surface area (Å²) in [6, 6.07) is 6.27. The minimum absolute atomic E-state index is 0.130. The van der Waals surface area contributed by atoms with Crippen LogP contribution in [0.4, 0.5) is 23.7 Å². The van der Waals surface area contributed by atoms with Crippen molar-refractivity contribution in [3.05, 3.63) is 75.5 Å². The molecule has 1 heterocycles. The molecule has 8 heteroatoms. The number of benzene rings is 2. The maximum absolute atomic E-state index is 13.7. The average molecular weight is 401 g/mol. The molecule has 5 nitrogen and oxygen atoms in total. The van der Waals surface area contributed by atoms with E-state index in [2.05, 4.69) is 10.3 Å². The number of carbonyl (C=O) groups excluding carboxylic acids is 1. The van der Waals surface area contributed by atoms with Gasteiger partial charge in [0.25, 0.3) is 5.56 Å². The molecule has 0 saturated heterocycles. The molecule has 2 N–H and O–H groups in total. The van der Waals surface area contributed by atoms with E-state index in [-0.39, 0.29) is 22.7 Å². The standard InChI is InChI=1S/C21H18F3N3O2/c1-27(21(29)25-12-6-8-15(23)16(24)10-12)18-4-2-3-17-19(18)13-7-5-11(22)9-14(13)20(28)26-17/h5-10,18H,2-4H2,1H3,(H,25,29)(H,26,28)/t18-/m0/s1. The fraction of sp³-hybridized carbons (Fsp3) is 0.238. The smallest absolute Gasteiger partial charge is 0.322 e. The highest BCUT2D eigenvalue weighted by Gasteiger charge is 2.30. The van der Waals surface area contributed by atoms with Gasteiger partial charge in [-0.3, -0.25) is 4.79 Å². The molecule has 4 rings (SSSR count). The largest absolute Gasteiger partial charge is 0.325 e. The van der Waals surface area contributed by atoms with E-state index in [0.717, 1.165) is 29.8 Å². The second kappa shape index (κ2) is 7.27. The van der Waals surface area contributed by atoms with Crippen molar-refractivity contribution >= 4 is 22.5 Å². The molecule has 29 heavy (non-hydrogen) atoms. The number of hydrogen-bond donors (Lipinski definition) is 2. The van der Waals surface area contributed by atoms with Gasteiger partial charge in [0.1, 0.15) is 5.82 Å². The van der Waals surface area contributed by atoms with Crippen LogP contribution in [0.1, 0.15) is 30.1 Å². The summed E-state index contributed by atoms with van der Waals surface area (Å²) >= 11 is 0. The maximum Gasteiger partial charge on any atom is 0.322 e. The molecule has 0 aliphatic heterocycles. The third-order valence-electron chi connectivity index (χ3n) is 5.30. The zero-order valence-corrected chi connectivity index (χ0v) is 15.6. The Labute approximate surface area is 164 Å². The molecular weight excluding hydrogens is 383 g/mol. The van der Waals surface area contributed by atoms with E-state index in [1.165, 1.54) is 23.1 Å². The Morgan fingerprint density at radius 3 is 2.66 bits per heavy atom. The summed E-state index contributed by atoms with van der Waals surface area (Å²) in [6.07, 6.45) is 2.04. The number of aromatic amines is 1. The summed E-state index contributed by atoms with van der Waals surface area (Å²) in [5.74, 6) is -2.57. The molecule has 150 valence electrons. The highest BCUT2D eigenvalue weighted by molar-refractivity contribution is 5.91. The molecule has 1 aliphatic rings. The summed E-state index contributed by atoms with van der Waals surface area (Å²) in [7, 11) is 1.59. The lowest BCUT2D eigenvalue weighted by Crippen LogP contribution is -2.37. The summed E-state index contributed by atoms with van der Waals surface area (Å²) in [5.41, 5.74) is 1.25. The number of H-pyrrole nitrogens is 1. The first-order chi connectivity index (χ1) is 13.8. The van der Waals surface area contributed by atoms with Gasteiger partial charge < -0.3 is 15.2 Å². The predicted molar refractivity (Wildman–Crippen MR) is 103 cm³/mol. The monoisotopic (exact) mass is 401 g/mol. The normalized spacial score (nSPS) is 15.8. The Bertz CT molecular complexity index is 1180. The number of halogens is 3. The van der Waals surface area contributed by atoms with Crippen molar-refractivity contribution in [2.75, 3.05) is 12.4 Å². The van der Waals surface area contributed by atoms with Gasteiger partial charge in [-0.2, -0.15) is 0 Å². The number of urea groups is 1. The highest BCUT2D eigenvalue weighted by Crippen LogP contribution is 2.37. The van der Waals surface area contributed by atoms with Gasteiger partial charge in [-0.05, 0) is 48.9 Å². The van der Waals surface area contributed by atoms with Crippen LogP contribution in [-0.2, 0) is 6.42 Å². The number of rotatable bonds is 2. The number of nitrogens with zero attached hydrogens (tertiary/aromatic N) is 1. The van der Waals surface area contributed by atoms with Gasteiger partial charge in [-0.25, -0.2) is 18.0 Å². The van der Waals surface area contributed by atoms with Gasteiger partial charge in [0, 0.05) is 30.1 Å². The molecule has 2 aromatic carbocycles. The third kappa shape index (κ3) is 3.46. The van der Waals surface area contributed by atoms with E-state index in [1.807, 2.05) is 0 Å². The van der Waals surface area contributed by atoms with Crippen molar-refractivity contribution in [2.24, 2.45) is 0 Å². The quantitative estimate of drug-likeness (QED) is 0.665. The van der Waals surface area contributed by atoms with Crippen LogP contribution in [0.25, 0.3) is 10.8 Å². The number of aromatic nitrogens is 1. The number of pyridine rings is 1. The number of hydrogen-bond acceptors (Lipinski definition) is 2. The molecule has 2 amide bonds. The second-order valence-corrected chi connectivity index (χ2v) is 7.11. The van der Waals surface area contributed by atoms with Crippen molar-refractivity contribution in [1.82, 2.24) is 9.88 Å². The fourth-order valence-electron chi connectivity index (χ4n) is 3.88. The Morgan fingerprint density at radius 2 is 1.90 bits per heavy atom. The van der Waals surface area contributed by atoms with Crippen LogP contribution in [-0.4, -0.2) is 23.0 Å². The van der Waals surface area contributed by atoms with Gasteiger partial charge in [-0.1, -0.05) is 6.07 Å². The van der Waals surface area contributed by atoms with Crippen LogP contribution in [0, 0.1) is 17.5 Å². The third-order valence-corrected chi connectivity index (χ3v) is 5.30. The Balaban J connectivity index is 1.70. The van der Waals surface area contributed by atoms with Crippen LogP contribution in [0.5, 0.6) is 0 Å². The lowest BCUT2D eigenvalue weighted by atomic mass is 9.87. The molecule has 0 unspecified atom stereocenters. The molecule has 1 aromatic heterocycles. The first-order valence-electron chi connectivity index (χ1n) is 9.18. The van der Waals surface area contributed by atoms with Gasteiger partial charge in [-0.15, -0.1) is 0 Å². The van der Waals surface area contributed by atoms with Gasteiger partial charge in [0.15, 0.2) is 11.6 Å². The summed E-state index contributed by atoms with van der Waals surface area (Å²) in [4.78, 5) is 29.3. The first kappa shape index (κ1) is 19.0. The van der Waals surface area contributed by atoms with E-state index in [4.69, 9.17) is 0 Å². The van der Waals surface area contributed by atoms with Gasteiger partial charge >= 0.3 is 6.03 Å².